The van der Waals surface area contributed by atoms with E-state index in [1.165, 1.54) is 0 Å². The molecule has 0 amide bonds. The number of ether oxygens (including phenoxy) is 1. The first-order chi connectivity index (χ1) is 9.52. The molecule has 5 heteroatoms. The minimum absolute atomic E-state index is 0.0117. The molecule has 0 aliphatic heterocycles. The maximum atomic E-state index is 6.18. The van der Waals surface area contributed by atoms with E-state index in [2.05, 4.69) is 5.32 Å². The van der Waals surface area contributed by atoms with E-state index in [4.69, 9.17) is 39.5 Å². The number of anilines is 1. The van der Waals surface area contributed by atoms with Crippen molar-refractivity contribution in [1.29, 1.82) is 0 Å². The molecule has 2 nitrogen and oxygen atoms in total. The summed E-state index contributed by atoms with van der Waals surface area (Å²) in [6, 6.07) is 11.1. The van der Waals surface area contributed by atoms with Crippen LogP contribution < -0.4 is 10.1 Å². The lowest BCUT2D eigenvalue weighted by molar-refractivity contribution is 0.408. The van der Waals surface area contributed by atoms with Gasteiger partial charge >= 0.3 is 0 Å². The Balaban J connectivity index is 2.30. The second-order valence-electron chi connectivity index (χ2n) is 4.35. The van der Waals surface area contributed by atoms with Crippen LogP contribution in [-0.2, 0) is 0 Å². The maximum absolute atomic E-state index is 6.18. The average Bonchev–Trinajstić information content (AvgIpc) is 2.42. The van der Waals surface area contributed by atoms with Gasteiger partial charge in [0.15, 0.2) is 0 Å². The molecule has 0 saturated carbocycles. The third-order valence-electron chi connectivity index (χ3n) is 2.97. The molecule has 0 bridgehead atoms. The van der Waals surface area contributed by atoms with Crippen molar-refractivity contribution < 1.29 is 4.74 Å². The SMILES string of the molecule is COc1ccccc1C(C)Nc1c(Cl)cc(Cl)cc1Cl. The molecular formula is C15H14Cl3NO. The zero-order chi connectivity index (χ0) is 14.7. The van der Waals surface area contributed by atoms with Gasteiger partial charge in [0.25, 0.3) is 0 Å². The molecule has 106 valence electrons. The van der Waals surface area contributed by atoms with E-state index in [0.29, 0.717) is 20.8 Å². The Labute approximate surface area is 133 Å². The molecule has 20 heavy (non-hydrogen) atoms. The summed E-state index contributed by atoms with van der Waals surface area (Å²) in [6.07, 6.45) is 0. The molecule has 2 aromatic carbocycles. The largest absolute Gasteiger partial charge is 0.496 e. The highest BCUT2D eigenvalue weighted by molar-refractivity contribution is 6.41. The Hall–Kier alpha value is -1.09. The standard InChI is InChI=1S/C15H14Cl3NO/c1-9(11-5-3-4-6-14(11)20-2)19-15-12(17)7-10(16)8-13(15)18/h3-9,19H,1-2H3. The van der Waals surface area contributed by atoms with Gasteiger partial charge in [-0.3, -0.25) is 0 Å². The van der Waals surface area contributed by atoms with Crippen molar-refractivity contribution in [2.75, 3.05) is 12.4 Å². The molecular weight excluding hydrogens is 317 g/mol. The zero-order valence-corrected chi connectivity index (χ0v) is 13.4. The summed E-state index contributed by atoms with van der Waals surface area (Å²) in [5, 5.41) is 4.78. The Morgan fingerprint density at radius 1 is 1.05 bits per heavy atom. The number of halogens is 3. The van der Waals surface area contributed by atoms with Gasteiger partial charge in [-0.2, -0.15) is 0 Å². The highest BCUT2D eigenvalue weighted by Crippen LogP contribution is 2.37. The van der Waals surface area contributed by atoms with Gasteiger partial charge in [0.2, 0.25) is 0 Å². The predicted molar refractivity (Wildman–Crippen MR) is 86.5 cm³/mol. The van der Waals surface area contributed by atoms with Crippen LogP contribution in [-0.4, -0.2) is 7.11 Å². The molecule has 0 saturated heterocycles. The molecule has 2 rings (SSSR count). The van der Waals surface area contributed by atoms with Crippen molar-refractivity contribution in [3.8, 4) is 5.75 Å². The number of rotatable bonds is 4. The molecule has 1 atom stereocenters. The van der Waals surface area contributed by atoms with E-state index in [1.54, 1.807) is 19.2 Å². The van der Waals surface area contributed by atoms with Gasteiger partial charge in [-0.15, -0.1) is 0 Å². The van der Waals surface area contributed by atoms with Crippen molar-refractivity contribution >= 4 is 40.5 Å². The summed E-state index contributed by atoms with van der Waals surface area (Å²) in [5.41, 5.74) is 1.69. The van der Waals surface area contributed by atoms with Crippen molar-refractivity contribution in [1.82, 2.24) is 0 Å². The highest BCUT2D eigenvalue weighted by atomic mass is 35.5. The summed E-state index contributed by atoms with van der Waals surface area (Å²) in [5.74, 6) is 0.814. The molecule has 0 aliphatic carbocycles. The van der Waals surface area contributed by atoms with E-state index < -0.39 is 0 Å². The lowest BCUT2D eigenvalue weighted by Crippen LogP contribution is -2.09. The van der Waals surface area contributed by atoms with E-state index >= 15 is 0 Å². The summed E-state index contributed by atoms with van der Waals surface area (Å²) in [6.45, 7) is 2.01. The fraction of sp³-hybridized carbons (Fsp3) is 0.200. The Morgan fingerprint density at radius 3 is 2.25 bits per heavy atom. The molecule has 1 N–H and O–H groups in total. The number of para-hydroxylation sites is 1. The van der Waals surface area contributed by atoms with Crippen LogP contribution in [0.4, 0.5) is 5.69 Å². The summed E-state index contributed by atoms with van der Waals surface area (Å²) >= 11 is 18.3. The highest BCUT2D eigenvalue weighted by Gasteiger charge is 2.14. The van der Waals surface area contributed by atoms with Crippen molar-refractivity contribution in [3.63, 3.8) is 0 Å². The normalized spacial score (nSPS) is 12.1. The van der Waals surface area contributed by atoms with Crippen LogP contribution >= 0.6 is 34.8 Å². The van der Waals surface area contributed by atoms with E-state index in [0.717, 1.165) is 11.3 Å². The molecule has 0 spiro atoms. The Bertz CT molecular complexity index is 593. The van der Waals surface area contributed by atoms with Crippen LogP contribution in [0.1, 0.15) is 18.5 Å². The first-order valence-electron chi connectivity index (χ1n) is 6.07. The van der Waals surface area contributed by atoms with Crippen LogP contribution in [0, 0.1) is 0 Å². The topological polar surface area (TPSA) is 21.3 Å². The van der Waals surface area contributed by atoms with Gasteiger partial charge in [0.05, 0.1) is 28.9 Å². The molecule has 2 aromatic rings. The third kappa shape index (κ3) is 3.32. The third-order valence-corrected chi connectivity index (χ3v) is 3.79. The van der Waals surface area contributed by atoms with Crippen molar-refractivity contribution in [2.45, 2.75) is 13.0 Å². The smallest absolute Gasteiger partial charge is 0.124 e. The van der Waals surface area contributed by atoms with E-state index in [1.807, 2.05) is 31.2 Å². The van der Waals surface area contributed by atoms with E-state index in [-0.39, 0.29) is 6.04 Å². The molecule has 0 radical (unpaired) electrons. The minimum atomic E-state index is -0.0117. The first kappa shape index (κ1) is 15.3. The number of methoxy groups -OCH3 is 1. The Kier molecular flexibility index (Phi) is 5.03. The quantitative estimate of drug-likeness (QED) is 0.761. The summed E-state index contributed by atoms with van der Waals surface area (Å²) < 4.78 is 5.36. The van der Waals surface area contributed by atoms with Gasteiger partial charge in [0.1, 0.15) is 5.75 Å². The number of benzene rings is 2. The van der Waals surface area contributed by atoms with E-state index in [9.17, 15) is 0 Å². The number of hydrogen-bond acceptors (Lipinski definition) is 2. The van der Waals surface area contributed by atoms with Crippen LogP contribution in [0.5, 0.6) is 5.75 Å². The summed E-state index contributed by atoms with van der Waals surface area (Å²) in [7, 11) is 1.65. The van der Waals surface area contributed by atoms with Crippen molar-refractivity contribution in [3.05, 3.63) is 57.0 Å². The number of hydrogen-bond donors (Lipinski definition) is 1. The lowest BCUT2D eigenvalue weighted by atomic mass is 10.1. The monoisotopic (exact) mass is 329 g/mol. The van der Waals surface area contributed by atoms with Gasteiger partial charge in [-0.05, 0) is 25.1 Å². The zero-order valence-electron chi connectivity index (χ0n) is 11.1. The van der Waals surface area contributed by atoms with Gasteiger partial charge < -0.3 is 10.1 Å². The summed E-state index contributed by atoms with van der Waals surface area (Å²) in [4.78, 5) is 0. The van der Waals surface area contributed by atoms with Crippen LogP contribution in [0.25, 0.3) is 0 Å². The van der Waals surface area contributed by atoms with Crippen LogP contribution in [0.3, 0.4) is 0 Å². The Morgan fingerprint density at radius 2 is 1.65 bits per heavy atom. The second kappa shape index (κ2) is 6.57. The predicted octanol–water partition coefficient (Wildman–Crippen LogP) is 5.83. The maximum Gasteiger partial charge on any atom is 0.124 e. The van der Waals surface area contributed by atoms with Gasteiger partial charge in [0, 0.05) is 10.6 Å². The average molecular weight is 331 g/mol. The molecule has 1 unspecified atom stereocenters. The van der Waals surface area contributed by atoms with Crippen LogP contribution in [0.2, 0.25) is 15.1 Å². The molecule has 0 aliphatic rings. The lowest BCUT2D eigenvalue weighted by Gasteiger charge is -2.20. The molecule has 0 aromatic heterocycles. The van der Waals surface area contributed by atoms with Crippen molar-refractivity contribution in [2.24, 2.45) is 0 Å². The minimum Gasteiger partial charge on any atom is -0.496 e. The fourth-order valence-corrected chi connectivity index (χ4v) is 2.92. The fourth-order valence-electron chi connectivity index (χ4n) is 2.00. The first-order valence-corrected chi connectivity index (χ1v) is 7.20. The molecule has 0 fully saturated rings. The van der Waals surface area contributed by atoms with Gasteiger partial charge in [-0.25, -0.2) is 0 Å². The second-order valence-corrected chi connectivity index (χ2v) is 5.60. The number of nitrogens with one attached hydrogen (secondary N) is 1. The van der Waals surface area contributed by atoms with Gasteiger partial charge in [-0.1, -0.05) is 53.0 Å². The van der Waals surface area contributed by atoms with Crippen LogP contribution in [0.15, 0.2) is 36.4 Å². The molecule has 0 heterocycles.